The Balaban J connectivity index is 1.53. The number of fused-ring (bicyclic) bond motifs is 1. The van der Waals surface area contributed by atoms with Gasteiger partial charge in [-0.2, -0.15) is 0 Å². The van der Waals surface area contributed by atoms with Gasteiger partial charge in [0.25, 0.3) is 5.91 Å². The van der Waals surface area contributed by atoms with Crippen molar-refractivity contribution in [3.05, 3.63) is 59.9 Å². The van der Waals surface area contributed by atoms with E-state index in [2.05, 4.69) is 20.2 Å². The number of nitrogens with zero attached hydrogens (tertiary/aromatic N) is 3. The standard InChI is InChI=1S/C22H24N4O2/c1-28-18-8-5-16(6-9-18)14-23-22(27)17-7-10-20-19(13-17)21(25-15-24-20)26-11-3-2-4-12-26/h5-10,13,15H,2-4,11-12,14H2,1H3,(H,23,27). The lowest BCUT2D eigenvalue weighted by Crippen LogP contribution is -2.30. The van der Waals surface area contributed by atoms with E-state index in [4.69, 9.17) is 4.74 Å². The van der Waals surface area contributed by atoms with Crippen LogP contribution in [0.1, 0.15) is 35.2 Å². The molecule has 1 aliphatic heterocycles. The molecule has 4 rings (SSSR count). The quantitative estimate of drug-likeness (QED) is 0.737. The van der Waals surface area contributed by atoms with E-state index >= 15 is 0 Å². The second kappa shape index (κ2) is 8.25. The zero-order valence-electron chi connectivity index (χ0n) is 16.0. The highest BCUT2D eigenvalue weighted by Gasteiger charge is 2.16. The van der Waals surface area contributed by atoms with Crippen LogP contribution in [-0.4, -0.2) is 36.1 Å². The summed E-state index contributed by atoms with van der Waals surface area (Å²) >= 11 is 0. The number of nitrogens with one attached hydrogen (secondary N) is 1. The van der Waals surface area contributed by atoms with Gasteiger partial charge in [-0.25, -0.2) is 9.97 Å². The molecule has 0 unspecified atom stereocenters. The number of ether oxygens (including phenoxy) is 1. The molecule has 0 atom stereocenters. The smallest absolute Gasteiger partial charge is 0.251 e. The Labute approximate surface area is 164 Å². The molecule has 1 amide bonds. The van der Waals surface area contributed by atoms with Gasteiger partial charge in [-0.05, 0) is 55.2 Å². The molecule has 144 valence electrons. The summed E-state index contributed by atoms with van der Waals surface area (Å²) in [6.45, 7) is 2.46. The Hall–Kier alpha value is -3.15. The fourth-order valence-corrected chi connectivity index (χ4v) is 3.57. The molecule has 2 heterocycles. The van der Waals surface area contributed by atoms with Crippen LogP contribution in [0.5, 0.6) is 5.75 Å². The van der Waals surface area contributed by atoms with Gasteiger partial charge < -0.3 is 15.0 Å². The average molecular weight is 376 g/mol. The molecule has 2 aromatic carbocycles. The maximum Gasteiger partial charge on any atom is 0.251 e. The van der Waals surface area contributed by atoms with E-state index in [1.807, 2.05) is 42.5 Å². The number of amides is 1. The molecule has 0 radical (unpaired) electrons. The Kier molecular flexibility index (Phi) is 5.37. The second-order valence-electron chi connectivity index (χ2n) is 7.01. The zero-order valence-corrected chi connectivity index (χ0v) is 16.0. The lowest BCUT2D eigenvalue weighted by Gasteiger charge is -2.28. The van der Waals surface area contributed by atoms with Crippen molar-refractivity contribution in [1.82, 2.24) is 15.3 Å². The Morgan fingerprint density at radius 2 is 1.86 bits per heavy atom. The molecule has 1 N–H and O–H groups in total. The largest absolute Gasteiger partial charge is 0.497 e. The van der Waals surface area contributed by atoms with Gasteiger partial charge in [-0.1, -0.05) is 12.1 Å². The molecule has 0 bridgehead atoms. The van der Waals surface area contributed by atoms with Crippen molar-refractivity contribution in [2.75, 3.05) is 25.1 Å². The van der Waals surface area contributed by atoms with Gasteiger partial charge in [-0.3, -0.25) is 4.79 Å². The van der Waals surface area contributed by atoms with Crippen LogP contribution >= 0.6 is 0 Å². The highest BCUT2D eigenvalue weighted by atomic mass is 16.5. The zero-order chi connectivity index (χ0) is 19.3. The molecular weight excluding hydrogens is 352 g/mol. The molecule has 6 heteroatoms. The SMILES string of the molecule is COc1ccc(CNC(=O)c2ccc3ncnc(N4CCCCC4)c3c2)cc1. The van der Waals surface area contributed by atoms with Gasteiger partial charge in [0.2, 0.25) is 0 Å². The van der Waals surface area contributed by atoms with E-state index in [1.54, 1.807) is 13.4 Å². The van der Waals surface area contributed by atoms with Gasteiger partial charge in [0.1, 0.15) is 17.9 Å². The summed E-state index contributed by atoms with van der Waals surface area (Å²) in [5.74, 6) is 1.62. The first-order valence-electron chi connectivity index (χ1n) is 9.65. The molecule has 0 saturated carbocycles. The summed E-state index contributed by atoms with van der Waals surface area (Å²) in [6.07, 6.45) is 5.22. The van der Waals surface area contributed by atoms with Crippen molar-refractivity contribution in [2.24, 2.45) is 0 Å². The van der Waals surface area contributed by atoms with E-state index in [0.29, 0.717) is 12.1 Å². The Bertz CT molecular complexity index is 966. The van der Waals surface area contributed by atoms with E-state index < -0.39 is 0 Å². The van der Waals surface area contributed by atoms with Gasteiger partial charge in [-0.15, -0.1) is 0 Å². The summed E-state index contributed by atoms with van der Waals surface area (Å²) < 4.78 is 5.16. The fourth-order valence-electron chi connectivity index (χ4n) is 3.57. The molecule has 1 fully saturated rings. The first-order valence-corrected chi connectivity index (χ1v) is 9.65. The Morgan fingerprint density at radius 3 is 2.61 bits per heavy atom. The van der Waals surface area contributed by atoms with Crippen molar-refractivity contribution in [1.29, 1.82) is 0 Å². The third kappa shape index (κ3) is 3.91. The van der Waals surface area contributed by atoms with E-state index in [1.165, 1.54) is 19.3 Å². The summed E-state index contributed by atoms with van der Waals surface area (Å²) in [7, 11) is 1.64. The number of benzene rings is 2. The molecule has 3 aromatic rings. The van der Waals surface area contributed by atoms with Crippen LogP contribution in [0.2, 0.25) is 0 Å². The summed E-state index contributed by atoms with van der Waals surface area (Å²) in [5.41, 5.74) is 2.50. The summed E-state index contributed by atoms with van der Waals surface area (Å²) in [6, 6.07) is 13.3. The molecule has 1 aromatic heterocycles. The van der Waals surface area contributed by atoms with E-state index in [9.17, 15) is 4.79 Å². The topological polar surface area (TPSA) is 67.3 Å². The summed E-state index contributed by atoms with van der Waals surface area (Å²) in [5, 5.41) is 3.91. The van der Waals surface area contributed by atoms with E-state index in [0.717, 1.165) is 41.1 Å². The molecule has 0 spiro atoms. The van der Waals surface area contributed by atoms with Crippen molar-refractivity contribution in [3.8, 4) is 5.75 Å². The molecule has 6 nitrogen and oxygen atoms in total. The number of methoxy groups -OCH3 is 1. The average Bonchev–Trinajstić information content (AvgIpc) is 2.77. The normalized spacial score (nSPS) is 14.1. The molecule has 1 saturated heterocycles. The maximum absolute atomic E-state index is 12.7. The minimum Gasteiger partial charge on any atom is -0.497 e. The number of rotatable bonds is 5. The predicted molar refractivity (Wildman–Crippen MR) is 110 cm³/mol. The number of hydrogen-bond donors (Lipinski definition) is 1. The van der Waals surface area contributed by atoms with Crippen LogP contribution in [0.4, 0.5) is 5.82 Å². The van der Waals surface area contributed by atoms with Crippen LogP contribution in [0, 0.1) is 0 Å². The molecule has 28 heavy (non-hydrogen) atoms. The minimum atomic E-state index is -0.105. The van der Waals surface area contributed by atoms with Crippen LogP contribution < -0.4 is 15.0 Å². The number of aromatic nitrogens is 2. The van der Waals surface area contributed by atoms with Crippen molar-refractivity contribution in [3.63, 3.8) is 0 Å². The van der Waals surface area contributed by atoms with Gasteiger partial charge in [0.05, 0.1) is 12.6 Å². The lowest BCUT2D eigenvalue weighted by molar-refractivity contribution is 0.0951. The summed E-state index contributed by atoms with van der Waals surface area (Å²) in [4.78, 5) is 23.9. The molecular formula is C22H24N4O2. The van der Waals surface area contributed by atoms with Crippen LogP contribution in [-0.2, 0) is 6.54 Å². The second-order valence-corrected chi connectivity index (χ2v) is 7.01. The predicted octanol–water partition coefficient (Wildman–Crippen LogP) is 3.56. The first kappa shape index (κ1) is 18.2. The monoisotopic (exact) mass is 376 g/mol. The van der Waals surface area contributed by atoms with Gasteiger partial charge in [0.15, 0.2) is 0 Å². The Morgan fingerprint density at radius 1 is 1.07 bits per heavy atom. The minimum absolute atomic E-state index is 0.105. The van der Waals surface area contributed by atoms with Gasteiger partial charge >= 0.3 is 0 Å². The van der Waals surface area contributed by atoms with Gasteiger partial charge in [0, 0.05) is 30.6 Å². The van der Waals surface area contributed by atoms with Crippen LogP contribution in [0.15, 0.2) is 48.8 Å². The van der Waals surface area contributed by atoms with Crippen molar-refractivity contribution in [2.45, 2.75) is 25.8 Å². The van der Waals surface area contributed by atoms with E-state index in [-0.39, 0.29) is 5.91 Å². The number of carbonyl (C=O) groups is 1. The van der Waals surface area contributed by atoms with Crippen molar-refractivity contribution < 1.29 is 9.53 Å². The molecule has 1 aliphatic rings. The third-order valence-corrected chi connectivity index (χ3v) is 5.14. The highest BCUT2D eigenvalue weighted by molar-refractivity contribution is 6.00. The third-order valence-electron chi connectivity index (χ3n) is 5.14. The highest BCUT2D eigenvalue weighted by Crippen LogP contribution is 2.26. The van der Waals surface area contributed by atoms with Crippen LogP contribution in [0.25, 0.3) is 10.9 Å². The maximum atomic E-state index is 12.7. The van der Waals surface area contributed by atoms with Crippen molar-refractivity contribution >= 4 is 22.6 Å². The first-order chi connectivity index (χ1) is 13.7. The van der Waals surface area contributed by atoms with Crippen LogP contribution in [0.3, 0.4) is 0 Å². The number of piperidine rings is 1. The molecule has 0 aliphatic carbocycles. The lowest BCUT2D eigenvalue weighted by atomic mass is 10.1. The number of carbonyl (C=O) groups excluding carboxylic acids is 1. The number of hydrogen-bond acceptors (Lipinski definition) is 5. The number of anilines is 1. The fraction of sp³-hybridized carbons (Fsp3) is 0.318.